The summed E-state index contributed by atoms with van der Waals surface area (Å²) in [5.41, 5.74) is 0.487. The average Bonchev–Trinajstić information content (AvgIpc) is 3.33. The number of nitrogens with zero attached hydrogens (tertiary/aromatic N) is 3. The van der Waals surface area contributed by atoms with Crippen LogP contribution in [0.5, 0.6) is 5.88 Å². The third-order valence-corrected chi connectivity index (χ3v) is 4.65. The Morgan fingerprint density at radius 3 is 2.62 bits per heavy atom. The minimum absolute atomic E-state index is 0.0812. The van der Waals surface area contributed by atoms with Crippen molar-refractivity contribution in [3.05, 3.63) is 29.2 Å². The number of ketones is 1. The average molecular weight is 346 g/mol. The van der Waals surface area contributed by atoms with E-state index >= 15 is 0 Å². The molecule has 0 radical (unpaired) electrons. The maximum atomic E-state index is 11.9. The summed E-state index contributed by atoms with van der Waals surface area (Å²) in [5.74, 6) is 0.785. The van der Waals surface area contributed by atoms with Crippen LogP contribution in [-0.2, 0) is 4.79 Å². The Morgan fingerprint density at radius 2 is 1.96 bits per heavy atom. The number of likely N-dealkylation sites (tertiary alicyclic amines) is 1. The predicted octanol–water partition coefficient (Wildman–Crippen LogP) is 2.49. The number of carbonyl (C=O) groups excluding carboxylic acids is 2. The van der Waals surface area contributed by atoms with Crippen LogP contribution in [0.4, 0.5) is 0 Å². The lowest BCUT2D eigenvalue weighted by atomic mass is 10.1. The lowest BCUT2D eigenvalue weighted by molar-refractivity contribution is -0.141. The van der Waals surface area contributed by atoms with Crippen LogP contribution in [0.3, 0.4) is 0 Å². The monoisotopic (exact) mass is 345 g/mol. The van der Waals surface area contributed by atoms with Crippen LogP contribution in [0, 0.1) is 5.92 Å². The van der Waals surface area contributed by atoms with Crippen molar-refractivity contribution in [2.24, 2.45) is 5.92 Å². The highest BCUT2D eigenvalue weighted by Gasteiger charge is 2.40. The number of carbonyl (C=O) groups is 2. The topological polar surface area (TPSA) is 72.4 Å². The summed E-state index contributed by atoms with van der Waals surface area (Å²) in [7, 11) is 0. The van der Waals surface area contributed by atoms with Gasteiger partial charge in [-0.05, 0) is 25.8 Å². The first-order valence-corrected chi connectivity index (χ1v) is 8.31. The molecular formula is C17H16ClN3O3. The van der Waals surface area contributed by atoms with Gasteiger partial charge in [-0.15, -0.1) is 0 Å². The largest absolute Gasteiger partial charge is 0.470 e. The van der Waals surface area contributed by atoms with Gasteiger partial charge in [-0.2, -0.15) is 0 Å². The van der Waals surface area contributed by atoms with E-state index in [1.807, 2.05) is 4.90 Å². The molecule has 2 aliphatic rings. The summed E-state index contributed by atoms with van der Waals surface area (Å²) in [6, 6.07) is 1.64. The number of Topliss-reactive ketones (excluding diaryl/α,β-unsaturated/α-hetero) is 1. The lowest BCUT2D eigenvalue weighted by Crippen LogP contribution is -2.56. The quantitative estimate of drug-likeness (QED) is 0.628. The zero-order chi connectivity index (χ0) is 16.8. The van der Waals surface area contributed by atoms with E-state index in [4.69, 9.17) is 16.3 Å². The third kappa shape index (κ3) is 2.71. The second kappa shape index (κ2) is 5.70. The zero-order valence-electron chi connectivity index (χ0n) is 13.2. The second-order valence-electron chi connectivity index (χ2n) is 6.34. The third-order valence-electron chi connectivity index (χ3n) is 4.45. The number of amides is 1. The fourth-order valence-electron chi connectivity index (χ4n) is 2.90. The standard InChI is InChI=1S/C17H16ClN3O3/c1-9(22)13-5-20-16(14-6-19-15(18)4-12(13)14)24-11-7-21(8-11)17(23)10-2-3-10/h4-6,10-11H,2-3,7-8H2,1H3. The molecule has 7 heteroatoms. The molecule has 0 atom stereocenters. The normalized spacial score (nSPS) is 17.7. The van der Waals surface area contributed by atoms with E-state index < -0.39 is 0 Å². The van der Waals surface area contributed by atoms with Crippen molar-refractivity contribution >= 4 is 34.1 Å². The summed E-state index contributed by atoms with van der Waals surface area (Å²) in [6.07, 6.45) is 5.00. The van der Waals surface area contributed by atoms with Crippen molar-refractivity contribution in [1.29, 1.82) is 0 Å². The van der Waals surface area contributed by atoms with Crippen molar-refractivity contribution in [3.63, 3.8) is 0 Å². The summed E-state index contributed by atoms with van der Waals surface area (Å²) in [4.78, 5) is 33.9. The molecule has 1 saturated carbocycles. The van der Waals surface area contributed by atoms with E-state index in [0.29, 0.717) is 40.5 Å². The van der Waals surface area contributed by atoms with Gasteiger partial charge in [0.1, 0.15) is 11.3 Å². The van der Waals surface area contributed by atoms with E-state index in [-0.39, 0.29) is 23.7 Å². The minimum Gasteiger partial charge on any atom is -0.470 e. The molecular weight excluding hydrogens is 330 g/mol. The maximum absolute atomic E-state index is 11.9. The van der Waals surface area contributed by atoms with Gasteiger partial charge in [-0.25, -0.2) is 9.97 Å². The molecule has 2 fully saturated rings. The second-order valence-corrected chi connectivity index (χ2v) is 6.73. The van der Waals surface area contributed by atoms with Crippen LogP contribution in [0.15, 0.2) is 18.5 Å². The molecule has 2 aromatic rings. The minimum atomic E-state index is -0.0915. The highest BCUT2D eigenvalue weighted by Crippen LogP contribution is 2.34. The first-order chi connectivity index (χ1) is 11.5. The number of ether oxygens (including phenoxy) is 1. The Bertz CT molecular complexity index is 844. The van der Waals surface area contributed by atoms with Crippen LogP contribution < -0.4 is 4.74 Å². The van der Waals surface area contributed by atoms with Gasteiger partial charge >= 0.3 is 0 Å². The number of hydrogen-bond acceptors (Lipinski definition) is 5. The fourth-order valence-corrected chi connectivity index (χ4v) is 3.06. The number of pyridine rings is 2. The van der Waals surface area contributed by atoms with Crippen molar-refractivity contribution in [1.82, 2.24) is 14.9 Å². The van der Waals surface area contributed by atoms with Gasteiger partial charge in [0.05, 0.1) is 18.5 Å². The van der Waals surface area contributed by atoms with Crippen LogP contribution in [-0.4, -0.2) is 45.8 Å². The van der Waals surface area contributed by atoms with Crippen LogP contribution in [0.25, 0.3) is 10.8 Å². The SMILES string of the molecule is CC(=O)c1cnc(OC2CN(C(=O)C3CC3)C2)c2cnc(Cl)cc12. The molecule has 4 rings (SSSR count). The molecule has 1 saturated heterocycles. The number of rotatable bonds is 4. The molecule has 124 valence electrons. The Balaban J connectivity index is 1.56. The first-order valence-electron chi connectivity index (χ1n) is 7.93. The van der Waals surface area contributed by atoms with Crippen molar-refractivity contribution < 1.29 is 14.3 Å². The first kappa shape index (κ1) is 15.3. The molecule has 0 aromatic carbocycles. The van der Waals surface area contributed by atoms with Crippen molar-refractivity contribution in [2.45, 2.75) is 25.9 Å². The number of aromatic nitrogens is 2. The van der Waals surface area contributed by atoms with E-state index in [2.05, 4.69) is 9.97 Å². The van der Waals surface area contributed by atoms with Crippen molar-refractivity contribution in [2.75, 3.05) is 13.1 Å². The lowest BCUT2D eigenvalue weighted by Gasteiger charge is -2.39. The molecule has 24 heavy (non-hydrogen) atoms. The Kier molecular flexibility index (Phi) is 3.64. The fraction of sp³-hybridized carbons (Fsp3) is 0.412. The molecule has 2 aromatic heterocycles. The van der Waals surface area contributed by atoms with E-state index in [9.17, 15) is 9.59 Å². The van der Waals surface area contributed by atoms with Crippen molar-refractivity contribution in [3.8, 4) is 5.88 Å². The van der Waals surface area contributed by atoms with Gasteiger partial charge < -0.3 is 9.64 Å². The highest BCUT2D eigenvalue weighted by molar-refractivity contribution is 6.30. The Labute approximate surface area is 143 Å². The number of hydrogen-bond donors (Lipinski definition) is 0. The van der Waals surface area contributed by atoms with Gasteiger partial charge in [-0.1, -0.05) is 11.6 Å². The smallest absolute Gasteiger partial charge is 0.225 e. The van der Waals surface area contributed by atoms with Gasteiger partial charge in [0.25, 0.3) is 0 Å². The molecule has 0 bridgehead atoms. The molecule has 0 N–H and O–H groups in total. The summed E-state index contributed by atoms with van der Waals surface area (Å²) < 4.78 is 5.92. The molecule has 1 amide bonds. The van der Waals surface area contributed by atoms with Crippen LogP contribution in [0.2, 0.25) is 5.15 Å². The number of fused-ring (bicyclic) bond motifs is 1. The number of halogens is 1. The van der Waals surface area contributed by atoms with E-state index in [1.54, 1.807) is 12.3 Å². The van der Waals surface area contributed by atoms with Gasteiger partial charge in [0.15, 0.2) is 5.78 Å². The Hall–Kier alpha value is -2.21. The summed E-state index contributed by atoms with van der Waals surface area (Å²) >= 11 is 5.95. The predicted molar refractivity (Wildman–Crippen MR) is 88.3 cm³/mol. The maximum Gasteiger partial charge on any atom is 0.225 e. The zero-order valence-corrected chi connectivity index (χ0v) is 13.9. The van der Waals surface area contributed by atoms with Crippen LogP contribution >= 0.6 is 11.6 Å². The van der Waals surface area contributed by atoms with Gasteiger partial charge in [0, 0.05) is 29.3 Å². The van der Waals surface area contributed by atoms with Gasteiger partial charge in [-0.3, -0.25) is 9.59 Å². The van der Waals surface area contributed by atoms with E-state index in [1.165, 1.54) is 13.1 Å². The molecule has 1 aliphatic carbocycles. The van der Waals surface area contributed by atoms with Crippen LogP contribution in [0.1, 0.15) is 30.1 Å². The summed E-state index contributed by atoms with van der Waals surface area (Å²) in [6.45, 7) is 2.64. The molecule has 0 unspecified atom stereocenters. The molecule has 1 aliphatic heterocycles. The Morgan fingerprint density at radius 1 is 1.21 bits per heavy atom. The molecule has 3 heterocycles. The summed E-state index contributed by atoms with van der Waals surface area (Å²) in [5, 5.41) is 1.64. The highest BCUT2D eigenvalue weighted by atomic mass is 35.5. The van der Waals surface area contributed by atoms with E-state index in [0.717, 1.165) is 12.8 Å². The molecule has 0 spiro atoms. The van der Waals surface area contributed by atoms with Gasteiger partial charge in [0.2, 0.25) is 11.8 Å². The molecule has 6 nitrogen and oxygen atoms in total.